The molecule has 0 radical (unpaired) electrons. The Morgan fingerprint density at radius 3 is 2.07 bits per heavy atom. The Morgan fingerprint density at radius 2 is 1.57 bits per heavy atom. The molecule has 6 heteroatoms. The van der Waals surface area contributed by atoms with Crippen LogP contribution < -0.4 is 4.74 Å². The largest absolute Gasteiger partial charge is 0.475 e. The summed E-state index contributed by atoms with van der Waals surface area (Å²) in [6.07, 6.45) is 3.85. The van der Waals surface area contributed by atoms with Crippen molar-refractivity contribution in [3.8, 4) is 17.3 Å². The minimum absolute atomic E-state index is 0.0445. The van der Waals surface area contributed by atoms with Crippen molar-refractivity contribution in [2.24, 2.45) is 0 Å². The summed E-state index contributed by atoms with van der Waals surface area (Å²) in [5, 5.41) is 1.59. The molecule has 2 aromatic heterocycles. The summed E-state index contributed by atoms with van der Waals surface area (Å²) in [5.74, 6) is 4.10. The number of pyridine rings is 1. The lowest BCUT2D eigenvalue weighted by Gasteiger charge is -2.38. The number of fused-ring (bicyclic) bond motifs is 1. The van der Waals surface area contributed by atoms with Crippen LogP contribution >= 0.6 is 11.8 Å². The smallest absolute Gasteiger partial charge is 0.216 e. The molecule has 0 atom stereocenters. The predicted octanol–water partition coefficient (Wildman–Crippen LogP) is 6.10. The lowest BCUT2D eigenvalue weighted by Crippen LogP contribution is -2.43. The SMILES string of the molecule is CSc1ncc2c(C#C[Si](C(C)C)(C(C)C)C(C)C)cc(OC(C)C)nc2n1. The molecule has 0 saturated carbocycles. The third kappa shape index (κ3) is 4.69. The molecule has 0 amide bonds. The second-order valence-corrected chi connectivity index (χ2v) is 14.8. The van der Waals surface area contributed by atoms with Crippen molar-refractivity contribution in [3.63, 3.8) is 0 Å². The molecular formula is C22H33N3OSSi. The van der Waals surface area contributed by atoms with E-state index in [1.165, 1.54) is 11.8 Å². The van der Waals surface area contributed by atoms with Crippen molar-refractivity contribution in [1.29, 1.82) is 0 Å². The lowest BCUT2D eigenvalue weighted by molar-refractivity contribution is 0.233. The zero-order chi connectivity index (χ0) is 21.1. The Kier molecular flexibility index (Phi) is 7.52. The van der Waals surface area contributed by atoms with E-state index >= 15 is 0 Å². The van der Waals surface area contributed by atoms with Crippen LogP contribution in [0.5, 0.6) is 5.88 Å². The molecule has 0 aromatic carbocycles. The fraction of sp³-hybridized carbons (Fsp3) is 0.591. The number of hydrogen-bond donors (Lipinski definition) is 0. The first-order valence-corrected chi connectivity index (χ1v) is 13.5. The van der Waals surface area contributed by atoms with Gasteiger partial charge in [-0.05, 0) is 36.7 Å². The van der Waals surface area contributed by atoms with Crippen LogP contribution in [-0.2, 0) is 0 Å². The van der Waals surface area contributed by atoms with Crippen molar-refractivity contribution in [3.05, 3.63) is 17.8 Å². The molecule has 2 rings (SSSR count). The van der Waals surface area contributed by atoms with E-state index in [4.69, 9.17) is 4.74 Å². The maximum atomic E-state index is 5.88. The van der Waals surface area contributed by atoms with Crippen molar-refractivity contribution in [1.82, 2.24) is 15.0 Å². The summed E-state index contributed by atoms with van der Waals surface area (Å²) in [6.45, 7) is 18.0. The van der Waals surface area contributed by atoms with Gasteiger partial charge < -0.3 is 4.74 Å². The summed E-state index contributed by atoms with van der Waals surface area (Å²) in [4.78, 5) is 13.6. The van der Waals surface area contributed by atoms with E-state index in [0.29, 0.717) is 33.3 Å². The molecular weight excluding hydrogens is 382 g/mol. The molecule has 28 heavy (non-hydrogen) atoms. The Labute approximate surface area is 175 Å². The van der Waals surface area contributed by atoms with Crippen LogP contribution in [0.2, 0.25) is 16.6 Å². The highest BCUT2D eigenvalue weighted by atomic mass is 32.2. The first-order valence-electron chi connectivity index (χ1n) is 10.0. The Balaban J connectivity index is 2.70. The van der Waals surface area contributed by atoms with E-state index in [-0.39, 0.29) is 6.10 Å². The van der Waals surface area contributed by atoms with Gasteiger partial charge in [-0.3, -0.25) is 0 Å². The molecule has 152 valence electrons. The monoisotopic (exact) mass is 415 g/mol. The summed E-state index contributed by atoms with van der Waals surface area (Å²) >= 11 is 1.51. The highest BCUT2D eigenvalue weighted by Gasteiger charge is 2.41. The zero-order valence-corrected chi connectivity index (χ0v) is 20.4. The third-order valence-electron chi connectivity index (χ3n) is 5.34. The van der Waals surface area contributed by atoms with Crippen molar-refractivity contribution in [2.45, 2.75) is 83.3 Å². The molecule has 2 heterocycles. The normalized spacial score (nSPS) is 12.2. The van der Waals surface area contributed by atoms with E-state index in [1.807, 2.05) is 32.4 Å². The molecule has 0 spiro atoms. The first-order chi connectivity index (χ1) is 13.1. The highest BCUT2D eigenvalue weighted by molar-refractivity contribution is 7.98. The van der Waals surface area contributed by atoms with Gasteiger partial charge in [0.05, 0.1) is 11.5 Å². The first kappa shape index (κ1) is 22.7. The van der Waals surface area contributed by atoms with Crippen LogP contribution in [0.25, 0.3) is 11.0 Å². The van der Waals surface area contributed by atoms with Crippen LogP contribution in [0.3, 0.4) is 0 Å². The minimum Gasteiger partial charge on any atom is -0.475 e. The summed E-state index contributed by atoms with van der Waals surface area (Å²) in [6, 6.07) is 1.94. The van der Waals surface area contributed by atoms with Crippen molar-refractivity contribution >= 4 is 30.9 Å². The van der Waals surface area contributed by atoms with Gasteiger partial charge in [0.2, 0.25) is 5.88 Å². The lowest BCUT2D eigenvalue weighted by atomic mass is 10.2. The van der Waals surface area contributed by atoms with Gasteiger partial charge >= 0.3 is 0 Å². The molecule has 4 nitrogen and oxygen atoms in total. The molecule has 0 aliphatic rings. The van der Waals surface area contributed by atoms with Gasteiger partial charge in [-0.25, -0.2) is 9.97 Å². The van der Waals surface area contributed by atoms with E-state index in [1.54, 1.807) is 0 Å². The minimum atomic E-state index is -1.83. The molecule has 0 fully saturated rings. The summed E-state index contributed by atoms with van der Waals surface area (Å²) in [7, 11) is -1.83. The van der Waals surface area contributed by atoms with Gasteiger partial charge in [0.25, 0.3) is 0 Å². The van der Waals surface area contributed by atoms with Gasteiger partial charge in [-0.1, -0.05) is 59.2 Å². The quantitative estimate of drug-likeness (QED) is 0.247. The van der Waals surface area contributed by atoms with Gasteiger partial charge in [-0.2, -0.15) is 4.98 Å². The Morgan fingerprint density at radius 1 is 0.964 bits per heavy atom. The highest BCUT2D eigenvalue weighted by Crippen LogP contribution is 2.41. The summed E-state index contributed by atoms with van der Waals surface area (Å²) < 4.78 is 5.88. The van der Waals surface area contributed by atoms with E-state index in [9.17, 15) is 0 Å². The standard InChI is InChI=1S/C22H33N3OSSi/c1-14(2)26-20-12-18(19-13-23-22(27-9)25-21(19)24-20)10-11-28(15(3)4,16(5)6)17(7)8/h12-17H,1-9H3. The maximum Gasteiger partial charge on any atom is 0.216 e. The van der Waals surface area contributed by atoms with Crippen molar-refractivity contribution in [2.75, 3.05) is 6.26 Å². The molecule has 2 aromatic rings. The van der Waals surface area contributed by atoms with E-state index < -0.39 is 8.07 Å². The average molecular weight is 416 g/mol. The summed E-state index contributed by atoms with van der Waals surface area (Å²) in [5.41, 5.74) is 7.10. The molecule has 0 bridgehead atoms. The van der Waals surface area contributed by atoms with Crippen molar-refractivity contribution < 1.29 is 4.74 Å². The average Bonchev–Trinajstić information content (AvgIpc) is 2.59. The zero-order valence-electron chi connectivity index (χ0n) is 18.6. The topological polar surface area (TPSA) is 47.9 Å². The fourth-order valence-electron chi connectivity index (χ4n) is 4.08. The second-order valence-electron chi connectivity index (χ2n) is 8.42. The van der Waals surface area contributed by atoms with Crippen LogP contribution in [0.15, 0.2) is 17.4 Å². The van der Waals surface area contributed by atoms with Crippen LogP contribution in [0.1, 0.15) is 61.0 Å². The van der Waals surface area contributed by atoms with Gasteiger partial charge in [0.1, 0.15) is 8.07 Å². The van der Waals surface area contributed by atoms with E-state index in [0.717, 1.165) is 10.9 Å². The number of thioether (sulfide) groups is 1. The third-order valence-corrected chi connectivity index (χ3v) is 12.2. The van der Waals surface area contributed by atoms with Crippen LogP contribution in [0, 0.1) is 11.5 Å². The molecule has 0 aliphatic carbocycles. The molecule has 0 N–H and O–H groups in total. The number of nitrogens with zero attached hydrogens (tertiary/aromatic N) is 3. The predicted molar refractivity (Wildman–Crippen MR) is 123 cm³/mol. The van der Waals surface area contributed by atoms with Gasteiger partial charge in [0, 0.05) is 17.8 Å². The van der Waals surface area contributed by atoms with Gasteiger partial charge in [-0.15, -0.1) is 5.54 Å². The fourth-order valence-corrected chi connectivity index (χ4v) is 9.64. The van der Waals surface area contributed by atoms with Gasteiger partial charge in [0.15, 0.2) is 10.8 Å². The van der Waals surface area contributed by atoms with E-state index in [2.05, 4.69) is 68.0 Å². The molecule has 0 saturated heterocycles. The Hall–Kier alpha value is -1.58. The maximum absolute atomic E-state index is 5.88. The molecule has 0 unspecified atom stereocenters. The number of aromatic nitrogens is 3. The number of hydrogen-bond acceptors (Lipinski definition) is 5. The second kappa shape index (κ2) is 9.28. The van der Waals surface area contributed by atoms with Crippen LogP contribution in [0.4, 0.5) is 0 Å². The molecule has 0 aliphatic heterocycles. The Bertz CT molecular complexity index is 863. The number of rotatable bonds is 6. The van der Waals surface area contributed by atoms with Crippen LogP contribution in [-0.4, -0.2) is 35.4 Å². The number of ether oxygens (including phenoxy) is 1.